The van der Waals surface area contributed by atoms with Crippen LogP contribution in [0.2, 0.25) is 0 Å². The second-order valence-corrected chi connectivity index (χ2v) is 6.07. The summed E-state index contributed by atoms with van der Waals surface area (Å²) in [5, 5.41) is 3.15. The Kier molecular flexibility index (Phi) is 4.61. The van der Waals surface area contributed by atoms with Crippen LogP contribution in [0.25, 0.3) is 0 Å². The van der Waals surface area contributed by atoms with E-state index in [9.17, 15) is 9.59 Å². The van der Waals surface area contributed by atoms with E-state index in [1.54, 1.807) is 6.07 Å². The van der Waals surface area contributed by atoms with Crippen molar-refractivity contribution >= 4 is 11.8 Å². The molecule has 22 heavy (non-hydrogen) atoms. The Balaban J connectivity index is 1.46. The summed E-state index contributed by atoms with van der Waals surface area (Å²) in [6, 6.07) is 1.87. The minimum Gasteiger partial charge on any atom is -0.472 e. The summed E-state index contributed by atoms with van der Waals surface area (Å²) in [6.45, 7) is 1.36. The molecule has 3 rings (SSSR count). The first-order chi connectivity index (χ1) is 10.7. The lowest BCUT2D eigenvalue weighted by Gasteiger charge is -2.33. The van der Waals surface area contributed by atoms with Gasteiger partial charge < -0.3 is 14.6 Å². The summed E-state index contributed by atoms with van der Waals surface area (Å²) in [7, 11) is 0. The molecule has 0 spiro atoms. The monoisotopic (exact) mass is 302 g/mol. The van der Waals surface area contributed by atoms with Crippen LogP contribution in [-0.2, 0) is 4.79 Å². The Bertz CT molecular complexity index is 542. The number of likely N-dealkylation sites (tertiary alicyclic amines) is 1. The quantitative estimate of drug-likeness (QED) is 0.872. The van der Waals surface area contributed by atoms with E-state index in [-0.39, 0.29) is 23.8 Å². The Hall–Kier alpha value is -2.04. The first kappa shape index (κ1) is 14.9. The molecule has 0 bridgehead atoms. The number of nitrogens with one attached hydrogen (secondary N) is 1. The molecule has 5 heteroatoms. The van der Waals surface area contributed by atoms with Gasteiger partial charge in [0.1, 0.15) is 6.26 Å². The van der Waals surface area contributed by atoms with Gasteiger partial charge in [-0.15, -0.1) is 0 Å². The molecule has 0 aromatic carbocycles. The maximum atomic E-state index is 12.2. The highest BCUT2D eigenvalue weighted by atomic mass is 16.3. The molecule has 118 valence electrons. The molecule has 0 radical (unpaired) electrons. The van der Waals surface area contributed by atoms with Gasteiger partial charge in [0, 0.05) is 25.0 Å². The van der Waals surface area contributed by atoms with E-state index in [0.29, 0.717) is 18.7 Å². The molecule has 2 aliphatic rings. The van der Waals surface area contributed by atoms with E-state index >= 15 is 0 Å². The first-order valence-corrected chi connectivity index (χ1v) is 8.01. The van der Waals surface area contributed by atoms with Crippen molar-refractivity contribution in [2.75, 3.05) is 13.1 Å². The van der Waals surface area contributed by atoms with Gasteiger partial charge in [-0.1, -0.05) is 12.2 Å². The molecule has 1 fully saturated rings. The van der Waals surface area contributed by atoms with E-state index in [2.05, 4.69) is 17.5 Å². The maximum absolute atomic E-state index is 12.2. The fraction of sp³-hybridized carbons (Fsp3) is 0.529. The van der Waals surface area contributed by atoms with Crippen molar-refractivity contribution in [2.24, 2.45) is 5.92 Å². The molecule has 1 aromatic heterocycles. The summed E-state index contributed by atoms with van der Waals surface area (Å²) in [5.74, 6) is 0.301. The molecule has 1 aliphatic carbocycles. The number of amides is 2. The van der Waals surface area contributed by atoms with Gasteiger partial charge in [0.15, 0.2) is 0 Å². The minimum absolute atomic E-state index is 0.0101. The zero-order valence-corrected chi connectivity index (χ0v) is 12.7. The summed E-state index contributed by atoms with van der Waals surface area (Å²) in [6.07, 6.45) is 11.7. The van der Waals surface area contributed by atoms with Gasteiger partial charge in [0.05, 0.1) is 11.8 Å². The standard InChI is InChI=1S/C17H22N2O3/c20-16(13-4-2-1-3-5-13)18-15-6-9-19(10-7-15)17(21)14-8-11-22-12-14/h1-2,8,11-13,15H,3-7,9-10H2,(H,18,20)/t13-/m0/s1. The lowest BCUT2D eigenvalue weighted by atomic mass is 9.93. The van der Waals surface area contributed by atoms with E-state index in [1.165, 1.54) is 12.5 Å². The van der Waals surface area contributed by atoms with E-state index < -0.39 is 0 Å². The largest absolute Gasteiger partial charge is 0.472 e. The van der Waals surface area contributed by atoms with Crippen LogP contribution in [0.5, 0.6) is 0 Å². The molecule has 2 amide bonds. The van der Waals surface area contributed by atoms with Crippen molar-refractivity contribution < 1.29 is 14.0 Å². The van der Waals surface area contributed by atoms with Crippen molar-refractivity contribution in [2.45, 2.75) is 38.1 Å². The lowest BCUT2D eigenvalue weighted by molar-refractivity contribution is -0.126. The number of hydrogen-bond acceptors (Lipinski definition) is 3. The Morgan fingerprint density at radius 1 is 1.18 bits per heavy atom. The summed E-state index contributed by atoms with van der Waals surface area (Å²) in [5.41, 5.74) is 0.594. The van der Waals surface area contributed by atoms with Crippen LogP contribution in [0.1, 0.15) is 42.5 Å². The number of rotatable bonds is 3. The third-order valence-corrected chi connectivity index (χ3v) is 4.54. The van der Waals surface area contributed by atoms with E-state index in [4.69, 9.17) is 4.42 Å². The number of carbonyl (C=O) groups is 2. The lowest BCUT2D eigenvalue weighted by Crippen LogP contribution is -2.47. The number of allylic oxidation sites excluding steroid dienone is 2. The van der Waals surface area contributed by atoms with Crippen molar-refractivity contribution in [1.82, 2.24) is 10.2 Å². The number of piperidine rings is 1. The maximum Gasteiger partial charge on any atom is 0.257 e. The second-order valence-electron chi connectivity index (χ2n) is 6.07. The van der Waals surface area contributed by atoms with Crippen LogP contribution < -0.4 is 5.32 Å². The van der Waals surface area contributed by atoms with Crippen LogP contribution in [0.3, 0.4) is 0 Å². The molecule has 0 saturated carbocycles. The zero-order chi connectivity index (χ0) is 15.4. The van der Waals surface area contributed by atoms with Crippen molar-refractivity contribution in [3.63, 3.8) is 0 Å². The molecular formula is C17H22N2O3. The van der Waals surface area contributed by atoms with Crippen LogP contribution >= 0.6 is 0 Å². The van der Waals surface area contributed by atoms with Gasteiger partial charge in [-0.25, -0.2) is 0 Å². The average molecular weight is 302 g/mol. The highest BCUT2D eigenvalue weighted by Gasteiger charge is 2.27. The first-order valence-electron chi connectivity index (χ1n) is 8.01. The minimum atomic E-state index is 0.0101. The number of furan rings is 1. The van der Waals surface area contributed by atoms with Crippen LogP contribution in [0, 0.1) is 5.92 Å². The molecule has 1 aromatic rings. The summed E-state index contributed by atoms with van der Waals surface area (Å²) < 4.78 is 4.96. The van der Waals surface area contributed by atoms with Gasteiger partial charge >= 0.3 is 0 Å². The van der Waals surface area contributed by atoms with Crippen LogP contribution in [0.15, 0.2) is 35.2 Å². The van der Waals surface area contributed by atoms with Gasteiger partial charge in [-0.05, 0) is 38.2 Å². The zero-order valence-electron chi connectivity index (χ0n) is 12.7. The Labute approximate surface area is 130 Å². The summed E-state index contributed by atoms with van der Waals surface area (Å²) >= 11 is 0. The number of nitrogens with zero attached hydrogens (tertiary/aromatic N) is 1. The highest BCUT2D eigenvalue weighted by molar-refractivity contribution is 5.93. The Morgan fingerprint density at radius 3 is 2.64 bits per heavy atom. The summed E-state index contributed by atoms with van der Waals surface area (Å²) in [4.78, 5) is 26.3. The van der Waals surface area contributed by atoms with E-state index in [0.717, 1.165) is 32.1 Å². The fourth-order valence-corrected chi connectivity index (χ4v) is 3.15. The third kappa shape index (κ3) is 3.40. The fourth-order valence-electron chi connectivity index (χ4n) is 3.15. The predicted octanol–water partition coefficient (Wildman–Crippen LogP) is 2.36. The second kappa shape index (κ2) is 6.81. The molecule has 1 saturated heterocycles. The number of carbonyl (C=O) groups excluding carboxylic acids is 2. The SMILES string of the molecule is O=C(NC1CCN(C(=O)c2ccoc2)CC1)[C@H]1CC=CCC1. The predicted molar refractivity (Wildman–Crippen MR) is 82.3 cm³/mol. The van der Waals surface area contributed by atoms with Gasteiger partial charge in [0.25, 0.3) is 5.91 Å². The molecule has 5 nitrogen and oxygen atoms in total. The molecular weight excluding hydrogens is 280 g/mol. The van der Waals surface area contributed by atoms with E-state index in [1.807, 2.05) is 4.90 Å². The molecule has 2 heterocycles. The highest BCUT2D eigenvalue weighted by Crippen LogP contribution is 2.20. The normalized spacial score (nSPS) is 22.5. The Morgan fingerprint density at radius 2 is 2.00 bits per heavy atom. The number of hydrogen-bond donors (Lipinski definition) is 1. The van der Waals surface area contributed by atoms with Crippen LogP contribution in [-0.4, -0.2) is 35.8 Å². The van der Waals surface area contributed by atoms with Gasteiger partial charge in [-0.2, -0.15) is 0 Å². The van der Waals surface area contributed by atoms with Crippen molar-refractivity contribution in [3.8, 4) is 0 Å². The molecule has 1 atom stereocenters. The average Bonchev–Trinajstić information content (AvgIpc) is 3.10. The molecule has 1 aliphatic heterocycles. The van der Waals surface area contributed by atoms with Crippen molar-refractivity contribution in [1.29, 1.82) is 0 Å². The molecule has 0 unspecified atom stereocenters. The molecule has 1 N–H and O–H groups in total. The van der Waals surface area contributed by atoms with Crippen LogP contribution in [0.4, 0.5) is 0 Å². The van der Waals surface area contributed by atoms with Crippen molar-refractivity contribution in [3.05, 3.63) is 36.3 Å². The topological polar surface area (TPSA) is 62.6 Å². The smallest absolute Gasteiger partial charge is 0.257 e. The third-order valence-electron chi connectivity index (χ3n) is 4.54. The van der Waals surface area contributed by atoms with Gasteiger partial charge in [-0.3, -0.25) is 9.59 Å². The van der Waals surface area contributed by atoms with Gasteiger partial charge in [0.2, 0.25) is 5.91 Å².